The second kappa shape index (κ2) is 5.61. The van der Waals surface area contributed by atoms with E-state index < -0.39 is 0 Å². The molecule has 0 unspecified atom stereocenters. The molecule has 1 aromatic rings. The molecule has 0 spiro atoms. The van der Waals surface area contributed by atoms with Crippen LogP contribution in [0, 0.1) is 5.82 Å². The van der Waals surface area contributed by atoms with Crippen molar-refractivity contribution in [3.8, 4) is 0 Å². The second-order valence-corrected chi connectivity index (χ2v) is 4.83. The maximum absolute atomic E-state index is 13.3. The summed E-state index contributed by atoms with van der Waals surface area (Å²) < 4.78 is 13.3. The number of hydrogen-bond donors (Lipinski definition) is 1. The van der Waals surface area contributed by atoms with Crippen LogP contribution in [0.5, 0.6) is 0 Å². The number of halogens is 1. The van der Waals surface area contributed by atoms with Gasteiger partial charge in [0.2, 0.25) is 0 Å². The molecule has 1 aromatic carbocycles. The standard InChI is InChI=1S/C14H21FN2/c1-3-16-13-7-8-17(2)14(10-13)11-5-4-6-12(15)9-11/h4-6,9,13-14,16H,3,7-8,10H2,1-2H3/t13-,14+/m1/s1. The summed E-state index contributed by atoms with van der Waals surface area (Å²) >= 11 is 0. The van der Waals surface area contributed by atoms with Gasteiger partial charge in [0, 0.05) is 12.1 Å². The Bertz CT molecular complexity index is 367. The molecule has 0 saturated carbocycles. The van der Waals surface area contributed by atoms with Gasteiger partial charge in [-0.25, -0.2) is 4.39 Å². The van der Waals surface area contributed by atoms with Crippen LogP contribution >= 0.6 is 0 Å². The molecule has 1 N–H and O–H groups in total. The van der Waals surface area contributed by atoms with Gasteiger partial charge in [-0.3, -0.25) is 4.90 Å². The van der Waals surface area contributed by atoms with Crippen LogP contribution in [0.25, 0.3) is 0 Å². The highest BCUT2D eigenvalue weighted by Gasteiger charge is 2.26. The van der Waals surface area contributed by atoms with Crippen molar-refractivity contribution in [2.45, 2.75) is 31.8 Å². The lowest BCUT2D eigenvalue weighted by Gasteiger charge is -2.37. The highest BCUT2D eigenvalue weighted by Crippen LogP contribution is 2.29. The molecule has 17 heavy (non-hydrogen) atoms. The predicted octanol–water partition coefficient (Wildman–Crippen LogP) is 2.57. The average molecular weight is 236 g/mol. The van der Waals surface area contributed by atoms with Gasteiger partial charge in [-0.15, -0.1) is 0 Å². The van der Waals surface area contributed by atoms with Crippen LogP contribution in [0.15, 0.2) is 24.3 Å². The number of benzene rings is 1. The van der Waals surface area contributed by atoms with E-state index in [2.05, 4.69) is 24.2 Å². The van der Waals surface area contributed by atoms with Crippen LogP contribution in [-0.2, 0) is 0 Å². The van der Waals surface area contributed by atoms with E-state index in [4.69, 9.17) is 0 Å². The zero-order valence-electron chi connectivity index (χ0n) is 10.6. The zero-order chi connectivity index (χ0) is 12.3. The summed E-state index contributed by atoms with van der Waals surface area (Å²) in [6, 6.07) is 7.89. The van der Waals surface area contributed by atoms with Gasteiger partial charge in [0.25, 0.3) is 0 Å². The third kappa shape index (κ3) is 3.05. The lowest BCUT2D eigenvalue weighted by atomic mass is 9.92. The number of nitrogens with one attached hydrogen (secondary N) is 1. The predicted molar refractivity (Wildman–Crippen MR) is 68.5 cm³/mol. The number of nitrogens with zero attached hydrogens (tertiary/aromatic N) is 1. The maximum atomic E-state index is 13.3. The molecule has 0 aromatic heterocycles. The zero-order valence-corrected chi connectivity index (χ0v) is 10.6. The first kappa shape index (κ1) is 12.5. The summed E-state index contributed by atoms with van der Waals surface area (Å²) in [5, 5.41) is 3.50. The molecule has 2 nitrogen and oxygen atoms in total. The lowest BCUT2D eigenvalue weighted by molar-refractivity contribution is 0.157. The molecule has 0 bridgehead atoms. The topological polar surface area (TPSA) is 15.3 Å². The van der Waals surface area contributed by atoms with Crippen molar-refractivity contribution >= 4 is 0 Å². The van der Waals surface area contributed by atoms with Gasteiger partial charge < -0.3 is 5.32 Å². The molecule has 0 radical (unpaired) electrons. The van der Waals surface area contributed by atoms with Gasteiger partial charge in [-0.05, 0) is 50.7 Å². The Kier molecular flexibility index (Phi) is 4.13. The summed E-state index contributed by atoms with van der Waals surface area (Å²) in [5.41, 5.74) is 1.09. The van der Waals surface area contributed by atoms with Crippen LogP contribution in [-0.4, -0.2) is 31.1 Å². The van der Waals surface area contributed by atoms with Gasteiger partial charge in [0.05, 0.1) is 0 Å². The van der Waals surface area contributed by atoms with Crippen LogP contribution in [0.4, 0.5) is 4.39 Å². The molecule has 1 heterocycles. The van der Waals surface area contributed by atoms with Crippen LogP contribution in [0.2, 0.25) is 0 Å². The van der Waals surface area contributed by atoms with Gasteiger partial charge in [-0.1, -0.05) is 19.1 Å². The number of likely N-dealkylation sites (tertiary alicyclic amines) is 1. The molecule has 1 fully saturated rings. The van der Waals surface area contributed by atoms with E-state index in [1.54, 1.807) is 12.1 Å². The summed E-state index contributed by atoms with van der Waals surface area (Å²) in [6.45, 7) is 4.21. The third-order valence-corrected chi connectivity index (χ3v) is 3.60. The molecule has 2 atom stereocenters. The van der Waals surface area contributed by atoms with Gasteiger partial charge >= 0.3 is 0 Å². The molecule has 1 saturated heterocycles. The molecule has 1 aliphatic rings. The van der Waals surface area contributed by atoms with Crippen molar-refractivity contribution < 1.29 is 4.39 Å². The number of rotatable bonds is 3. The largest absolute Gasteiger partial charge is 0.314 e. The molecular formula is C14H21FN2. The minimum absolute atomic E-state index is 0.138. The molecule has 0 aliphatic carbocycles. The summed E-state index contributed by atoms with van der Waals surface area (Å²) in [5.74, 6) is -0.138. The Labute approximate surface area is 103 Å². The Morgan fingerprint density at radius 2 is 2.29 bits per heavy atom. The first-order chi connectivity index (χ1) is 8.20. The molecule has 2 rings (SSSR count). The van der Waals surface area contributed by atoms with Gasteiger partial charge in [-0.2, -0.15) is 0 Å². The van der Waals surface area contributed by atoms with E-state index in [-0.39, 0.29) is 5.82 Å². The van der Waals surface area contributed by atoms with E-state index in [0.29, 0.717) is 12.1 Å². The van der Waals surface area contributed by atoms with Crippen LogP contribution in [0.3, 0.4) is 0 Å². The lowest BCUT2D eigenvalue weighted by Crippen LogP contribution is -2.42. The fourth-order valence-corrected chi connectivity index (χ4v) is 2.66. The number of piperidine rings is 1. The van der Waals surface area contributed by atoms with Crippen molar-refractivity contribution in [1.82, 2.24) is 10.2 Å². The van der Waals surface area contributed by atoms with E-state index in [1.165, 1.54) is 12.5 Å². The maximum Gasteiger partial charge on any atom is 0.123 e. The van der Waals surface area contributed by atoms with Crippen molar-refractivity contribution in [3.05, 3.63) is 35.6 Å². The van der Waals surface area contributed by atoms with E-state index in [0.717, 1.165) is 25.1 Å². The molecule has 94 valence electrons. The smallest absolute Gasteiger partial charge is 0.123 e. The number of hydrogen-bond acceptors (Lipinski definition) is 2. The van der Waals surface area contributed by atoms with Crippen LogP contribution in [0.1, 0.15) is 31.4 Å². The third-order valence-electron chi connectivity index (χ3n) is 3.60. The summed E-state index contributed by atoms with van der Waals surface area (Å²) in [7, 11) is 2.12. The van der Waals surface area contributed by atoms with Crippen molar-refractivity contribution in [2.75, 3.05) is 20.1 Å². The Morgan fingerprint density at radius 3 is 3.00 bits per heavy atom. The molecular weight excluding hydrogens is 215 g/mol. The minimum Gasteiger partial charge on any atom is -0.314 e. The molecule has 3 heteroatoms. The fraction of sp³-hybridized carbons (Fsp3) is 0.571. The first-order valence-corrected chi connectivity index (χ1v) is 6.39. The quantitative estimate of drug-likeness (QED) is 0.867. The van der Waals surface area contributed by atoms with E-state index in [1.807, 2.05) is 6.07 Å². The van der Waals surface area contributed by atoms with Crippen molar-refractivity contribution in [1.29, 1.82) is 0 Å². The Morgan fingerprint density at radius 1 is 1.47 bits per heavy atom. The average Bonchev–Trinajstić information content (AvgIpc) is 2.32. The summed E-state index contributed by atoms with van der Waals surface area (Å²) in [4.78, 5) is 2.32. The fourth-order valence-electron chi connectivity index (χ4n) is 2.66. The molecule has 0 amide bonds. The Hall–Kier alpha value is -0.930. The van der Waals surface area contributed by atoms with Gasteiger partial charge in [0.15, 0.2) is 0 Å². The second-order valence-electron chi connectivity index (χ2n) is 4.83. The van der Waals surface area contributed by atoms with Gasteiger partial charge in [0.1, 0.15) is 5.82 Å². The first-order valence-electron chi connectivity index (χ1n) is 6.39. The molecule has 1 aliphatic heterocycles. The minimum atomic E-state index is -0.138. The monoisotopic (exact) mass is 236 g/mol. The van der Waals surface area contributed by atoms with Crippen LogP contribution < -0.4 is 5.32 Å². The SMILES string of the molecule is CCN[C@@H]1CCN(C)[C@H](c2cccc(F)c2)C1. The van der Waals surface area contributed by atoms with Crippen molar-refractivity contribution in [3.63, 3.8) is 0 Å². The Balaban J connectivity index is 2.12. The normalized spacial score (nSPS) is 26.1. The highest BCUT2D eigenvalue weighted by atomic mass is 19.1. The van der Waals surface area contributed by atoms with E-state index in [9.17, 15) is 4.39 Å². The van der Waals surface area contributed by atoms with E-state index >= 15 is 0 Å². The van der Waals surface area contributed by atoms with Crippen molar-refractivity contribution in [2.24, 2.45) is 0 Å². The highest BCUT2D eigenvalue weighted by molar-refractivity contribution is 5.21. The summed E-state index contributed by atoms with van der Waals surface area (Å²) in [6.07, 6.45) is 2.24.